The van der Waals surface area contributed by atoms with Crippen LogP contribution in [0.2, 0.25) is 5.02 Å². The first-order chi connectivity index (χ1) is 21.0. The quantitative estimate of drug-likeness (QED) is 0.216. The van der Waals surface area contributed by atoms with E-state index in [1.165, 1.54) is 29.0 Å². The zero-order valence-electron chi connectivity index (χ0n) is 23.2. The van der Waals surface area contributed by atoms with Crippen molar-refractivity contribution in [2.45, 2.75) is 25.5 Å². The van der Waals surface area contributed by atoms with E-state index in [1.54, 1.807) is 23.8 Å². The highest BCUT2D eigenvalue weighted by atomic mass is 35.5. The molecule has 1 atom stereocenters. The van der Waals surface area contributed by atoms with Crippen molar-refractivity contribution >= 4 is 34.7 Å². The molecule has 214 valence electrons. The Kier molecular flexibility index (Phi) is 7.21. The summed E-state index contributed by atoms with van der Waals surface area (Å²) in [5.74, 6) is 0.807. The number of ether oxygens (including phenoxy) is 2. The number of allylic oxidation sites excluding steroid dienone is 1. The summed E-state index contributed by atoms with van der Waals surface area (Å²) in [7, 11) is 1.58. The van der Waals surface area contributed by atoms with Gasteiger partial charge >= 0.3 is 0 Å². The third kappa shape index (κ3) is 5.09. The van der Waals surface area contributed by atoms with Crippen LogP contribution in [0.25, 0.3) is 11.8 Å². The molecule has 0 unspecified atom stereocenters. The van der Waals surface area contributed by atoms with Gasteiger partial charge in [0.25, 0.3) is 5.56 Å². The van der Waals surface area contributed by atoms with Crippen molar-refractivity contribution in [3.05, 3.63) is 155 Å². The maximum atomic E-state index is 14.0. The van der Waals surface area contributed by atoms with Gasteiger partial charge in [-0.1, -0.05) is 83.6 Å². The lowest BCUT2D eigenvalue weighted by atomic mass is 9.83. The Bertz CT molecular complexity index is 2080. The third-order valence-electron chi connectivity index (χ3n) is 7.89. The summed E-state index contributed by atoms with van der Waals surface area (Å²) in [5.41, 5.74) is 6.70. The molecule has 0 saturated heterocycles. The summed E-state index contributed by atoms with van der Waals surface area (Å²) in [4.78, 5) is 19.7. The van der Waals surface area contributed by atoms with Gasteiger partial charge in [-0.2, -0.15) is 0 Å². The molecule has 0 N–H and O–H groups in total. The van der Waals surface area contributed by atoms with E-state index in [0.29, 0.717) is 32.5 Å². The highest BCUT2D eigenvalue weighted by molar-refractivity contribution is 7.07. The van der Waals surface area contributed by atoms with Gasteiger partial charge in [0.2, 0.25) is 0 Å². The molecular weight excluding hydrogens is 583 g/mol. The van der Waals surface area contributed by atoms with Crippen LogP contribution in [0, 0.1) is 5.82 Å². The van der Waals surface area contributed by atoms with Crippen LogP contribution in [0.1, 0.15) is 40.3 Å². The molecule has 1 aliphatic heterocycles. The maximum absolute atomic E-state index is 14.0. The Morgan fingerprint density at radius 3 is 2.60 bits per heavy atom. The molecule has 0 saturated carbocycles. The predicted octanol–water partition coefficient (Wildman–Crippen LogP) is 6.70. The summed E-state index contributed by atoms with van der Waals surface area (Å²) in [6.45, 7) is 0.297. The first kappa shape index (κ1) is 27.4. The van der Waals surface area contributed by atoms with Crippen molar-refractivity contribution in [3.63, 3.8) is 0 Å². The molecule has 0 fully saturated rings. The van der Waals surface area contributed by atoms with Crippen molar-refractivity contribution in [1.82, 2.24) is 4.57 Å². The number of rotatable bonds is 6. The van der Waals surface area contributed by atoms with Crippen molar-refractivity contribution in [3.8, 4) is 11.5 Å². The second-order valence-corrected chi connectivity index (χ2v) is 11.9. The maximum Gasteiger partial charge on any atom is 0.271 e. The van der Waals surface area contributed by atoms with Crippen LogP contribution in [-0.2, 0) is 13.0 Å². The van der Waals surface area contributed by atoms with Gasteiger partial charge < -0.3 is 9.47 Å². The molecule has 4 aromatic carbocycles. The van der Waals surface area contributed by atoms with E-state index in [9.17, 15) is 9.18 Å². The third-order valence-corrected chi connectivity index (χ3v) is 9.24. The molecule has 0 spiro atoms. The number of fused-ring (bicyclic) bond motifs is 3. The van der Waals surface area contributed by atoms with Crippen molar-refractivity contribution in [2.24, 2.45) is 4.99 Å². The lowest BCUT2D eigenvalue weighted by Crippen LogP contribution is -2.38. The summed E-state index contributed by atoms with van der Waals surface area (Å²) in [5, 5.41) is 0.637. The Morgan fingerprint density at radius 1 is 1.00 bits per heavy atom. The molecule has 0 amide bonds. The number of aromatic nitrogens is 1. The summed E-state index contributed by atoms with van der Waals surface area (Å²) in [6, 6.07) is 27.4. The fourth-order valence-corrected chi connectivity index (χ4v) is 6.97. The van der Waals surface area contributed by atoms with E-state index in [4.69, 9.17) is 26.1 Å². The highest BCUT2D eigenvalue weighted by Gasteiger charge is 2.32. The molecule has 1 aliphatic carbocycles. The van der Waals surface area contributed by atoms with Crippen LogP contribution >= 0.6 is 22.9 Å². The molecule has 5 aromatic rings. The summed E-state index contributed by atoms with van der Waals surface area (Å²) in [6.07, 6.45) is 3.48. The number of hydrogen-bond acceptors (Lipinski definition) is 5. The molecule has 5 nitrogen and oxygen atoms in total. The highest BCUT2D eigenvalue weighted by Crippen LogP contribution is 2.41. The number of hydrogen-bond donors (Lipinski definition) is 0. The smallest absolute Gasteiger partial charge is 0.271 e. The largest absolute Gasteiger partial charge is 0.493 e. The average molecular weight is 609 g/mol. The van der Waals surface area contributed by atoms with Crippen molar-refractivity contribution in [1.29, 1.82) is 0 Å². The Labute approximate surface area is 256 Å². The van der Waals surface area contributed by atoms with E-state index in [1.807, 2.05) is 60.7 Å². The Hall–Kier alpha value is -4.46. The topological polar surface area (TPSA) is 52.8 Å². The Balaban J connectivity index is 1.31. The minimum atomic E-state index is -0.363. The van der Waals surface area contributed by atoms with Gasteiger partial charge in [0.05, 0.1) is 23.4 Å². The van der Waals surface area contributed by atoms with Gasteiger partial charge in [0, 0.05) is 16.1 Å². The monoisotopic (exact) mass is 608 g/mol. The van der Waals surface area contributed by atoms with Crippen LogP contribution in [0.5, 0.6) is 11.5 Å². The fraction of sp³-hybridized carbons (Fsp3) is 0.143. The molecule has 0 bridgehead atoms. The van der Waals surface area contributed by atoms with E-state index < -0.39 is 0 Å². The van der Waals surface area contributed by atoms with Crippen LogP contribution in [0.15, 0.2) is 106 Å². The van der Waals surface area contributed by atoms with Gasteiger partial charge in [0.15, 0.2) is 16.3 Å². The zero-order valence-corrected chi connectivity index (χ0v) is 24.8. The lowest BCUT2D eigenvalue weighted by Gasteiger charge is -2.30. The number of benzene rings is 4. The first-order valence-corrected chi connectivity index (χ1v) is 15.1. The second-order valence-electron chi connectivity index (χ2n) is 10.5. The molecular formula is C35H26ClFN2O3S. The fourth-order valence-electron chi connectivity index (χ4n) is 5.78. The number of halogens is 2. The average Bonchev–Trinajstić information content (AvgIpc) is 3.34. The normalized spacial score (nSPS) is 15.8. The Morgan fingerprint density at radius 2 is 1.79 bits per heavy atom. The zero-order chi connectivity index (χ0) is 29.5. The van der Waals surface area contributed by atoms with Gasteiger partial charge in [0.1, 0.15) is 12.4 Å². The second kappa shape index (κ2) is 11.3. The van der Waals surface area contributed by atoms with Crippen molar-refractivity contribution in [2.75, 3.05) is 7.11 Å². The summed E-state index contributed by atoms with van der Waals surface area (Å²) < 4.78 is 27.9. The molecule has 0 radical (unpaired) electrons. The van der Waals surface area contributed by atoms with Crippen molar-refractivity contribution < 1.29 is 13.9 Å². The van der Waals surface area contributed by atoms with Crippen LogP contribution < -0.4 is 24.4 Å². The molecule has 2 aliphatic rings. The van der Waals surface area contributed by atoms with Gasteiger partial charge in [-0.05, 0) is 71.5 Å². The molecule has 7 rings (SSSR count). The number of nitrogens with zero attached hydrogens (tertiary/aromatic N) is 2. The molecule has 43 heavy (non-hydrogen) atoms. The van der Waals surface area contributed by atoms with Gasteiger partial charge in [-0.3, -0.25) is 9.36 Å². The van der Waals surface area contributed by atoms with Crippen LogP contribution in [0.4, 0.5) is 4.39 Å². The standard InChI is InChI=1S/C35H26ClFN2O3S/c1-41-30-18-21(10-17-29(30)42-20-24-7-3-5-9-28(24)36)19-31-34(40)39-33(23-11-14-25(37)15-12-23)27-16-13-22-6-2-4-8-26(22)32(27)38-35(39)43-31/h2-12,14-15,17-19,33H,13,16,20H2,1H3/b31-19+/t33-/m1/s1. The van der Waals surface area contributed by atoms with Crippen LogP contribution in [-0.4, -0.2) is 11.7 Å². The minimum Gasteiger partial charge on any atom is -0.493 e. The SMILES string of the molecule is COc1cc(/C=c2/sc3n(c2=O)[C@H](c2ccc(F)cc2)C2=C(N=3)c3ccccc3CC2)ccc1OCc1ccccc1Cl. The summed E-state index contributed by atoms with van der Waals surface area (Å²) >= 11 is 7.63. The number of methoxy groups -OCH3 is 1. The number of aryl methyl sites for hydroxylation is 1. The molecule has 1 aromatic heterocycles. The number of thiazole rings is 1. The van der Waals surface area contributed by atoms with Crippen LogP contribution in [0.3, 0.4) is 0 Å². The van der Waals surface area contributed by atoms with Gasteiger partial charge in [-0.25, -0.2) is 9.38 Å². The predicted molar refractivity (Wildman–Crippen MR) is 168 cm³/mol. The molecule has 2 heterocycles. The van der Waals surface area contributed by atoms with E-state index in [-0.39, 0.29) is 17.4 Å². The lowest BCUT2D eigenvalue weighted by molar-refractivity contribution is 0.284. The van der Waals surface area contributed by atoms with E-state index in [2.05, 4.69) is 12.1 Å². The minimum absolute atomic E-state index is 0.138. The van der Waals surface area contributed by atoms with Gasteiger partial charge in [-0.15, -0.1) is 0 Å². The first-order valence-electron chi connectivity index (χ1n) is 13.9. The molecule has 8 heteroatoms. The van der Waals surface area contributed by atoms with E-state index >= 15 is 0 Å². The van der Waals surface area contributed by atoms with E-state index in [0.717, 1.165) is 46.4 Å².